The monoisotopic (exact) mass is 379 g/mol. The van der Waals surface area contributed by atoms with Crippen LogP contribution in [-0.2, 0) is 11.2 Å². The molecular formula is C16H14BrNO5. The average Bonchev–Trinajstić information content (AvgIpc) is 2.50. The van der Waals surface area contributed by atoms with Gasteiger partial charge in [-0.25, -0.2) is 4.79 Å². The first-order chi connectivity index (χ1) is 10.9. The fourth-order valence-electron chi connectivity index (χ4n) is 1.99. The zero-order valence-electron chi connectivity index (χ0n) is 12.2. The standard InChI is InChI=1S/C16H14BrNO5/c1-23-10-4-2-9(3-5-10)8-13(19)18-12-7-6-11(17)14(15(12)20)16(21)22/h2-7,20H,8H2,1H3,(H,18,19)(H,21,22). The lowest BCUT2D eigenvalue weighted by Crippen LogP contribution is -2.15. The molecule has 0 unspecified atom stereocenters. The number of aromatic hydroxyl groups is 1. The molecule has 0 radical (unpaired) electrons. The van der Waals surface area contributed by atoms with Crippen molar-refractivity contribution in [2.45, 2.75) is 6.42 Å². The summed E-state index contributed by atoms with van der Waals surface area (Å²) in [5, 5.41) is 21.6. The second kappa shape index (κ2) is 7.15. The van der Waals surface area contributed by atoms with E-state index in [0.717, 1.165) is 5.56 Å². The van der Waals surface area contributed by atoms with Crippen molar-refractivity contribution in [3.8, 4) is 11.5 Å². The number of carboxylic acid groups (broad SMARTS) is 1. The van der Waals surface area contributed by atoms with Crippen molar-refractivity contribution >= 4 is 33.5 Å². The number of phenols is 1. The van der Waals surface area contributed by atoms with E-state index >= 15 is 0 Å². The number of hydrogen-bond acceptors (Lipinski definition) is 4. The Bertz CT molecular complexity index is 743. The van der Waals surface area contributed by atoms with Crippen molar-refractivity contribution < 1.29 is 24.5 Å². The van der Waals surface area contributed by atoms with Gasteiger partial charge in [-0.3, -0.25) is 4.79 Å². The number of hydrogen-bond donors (Lipinski definition) is 3. The van der Waals surface area contributed by atoms with Gasteiger partial charge in [0.15, 0.2) is 5.75 Å². The van der Waals surface area contributed by atoms with Crippen LogP contribution < -0.4 is 10.1 Å². The van der Waals surface area contributed by atoms with Crippen molar-refractivity contribution in [1.82, 2.24) is 0 Å². The molecule has 0 heterocycles. The molecule has 7 heteroatoms. The number of aromatic carboxylic acids is 1. The summed E-state index contributed by atoms with van der Waals surface area (Å²) < 4.78 is 5.27. The normalized spacial score (nSPS) is 10.2. The van der Waals surface area contributed by atoms with Crippen molar-refractivity contribution in [1.29, 1.82) is 0 Å². The number of anilines is 1. The summed E-state index contributed by atoms with van der Waals surface area (Å²) in [5.41, 5.74) is 0.509. The third-order valence-electron chi connectivity index (χ3n) is 3.14. The van der Waals surface area contributed by atoms with E-state index in [-0.39, 0.29) is 28.1 Å². The maximum Gasteiger partial charge on any atom is 0.340 e. The molecule has 0 atom stereocenters. The van der Waals surface area contributed by atoms with Crippen molar-refractivity contribution in [3.05, 3.63) is 52.0 Å². The number of carbonyl (C=O) groups is 2. The van der Waals surface area contributed by atoms with Gasteiger partial charge >= 0.3 is 5.97 Å². The SMILES string of the molecule is COc1ccc(CC(=O)Nc2ccc(Br)c(C(=O)O)c2O)cc1. The van der Waals surface area contributed by atoms with Gasteiger partial charge in [-0.05, 0) is 45.8 Å². The van der Waals surface area contributed by atoms with Gasteiger partial charge < -0.3 is 20.3 Å². The molecule has 120 valence electrons. The molecule has 0 bridgehead atoms. The smallest absolute Gasteiger partial charge is 0.340 e. The molecule has 0 aromatic heterocycles. The molecule has 0 aliphatic carbocycles. The van der Waals surface area contributed by atoms with Crippen LogP contribution in [0.3, 0.4) is 0 Å². The molecule has 0 aliphatic rings. The van der Waals surface area contributed by atoms with Crippen molar-refractivity contribution in [2.24, 2.45) is 0 Å². The Kier molecular flexibility index (Phi) is 5.23. The number of rotatable bonds is 5. The molecule has 23 heavy (non-hydrogen) atoms. The number of amides is 1. The van der Waals surface area contributed by atoms with Crippen LogP contribution in [-0.4, -0.2) is 29.2 Å². The fourth-order valence-corrected chi connectivity index (χ4v) is 2.48. The van der Waals surface area contributed by atoms with Gasteiger partial charge in [-0.15, -0.1) is 0 Å². The Morgan fingerprint density at radius 2 is 1.83 bits per heavy atom. The summed E-state index contributed by atoms with van der Waals surface area (Å²) in [4.78, 5) is 23.2. The lowest BCUT2D eigenvalue weighted by atomic mass is 10.1. The largest absolute Gasteiger partial charge is 0.505 e. The minimum Gasteiger partial charge on any atom is -0.505 e. The Hall–Kier alpha value is -2.54. The van der Waals surface area contributed by atoms with Gasteiger partial charge in [0.1, 0.15) is 11.3 Å². The Labute approximate surface area is 140 Å². The third kappa shape index (κ3) is 4.01. The van der Waals surface area contributed by atoms with Crippen LogP contribution in [0.5, 0.6) is 11.5 Å². The first-order valence-electron chi connectivity index (χ1n) is 6.60. The molecule has 2 aromatic carbocycles. The van der Waals surface area contributed by atoms with E-state index in [1.807, 2.05) is 0 Å². The lowest BCUT2D eigenvalue weighted by Gasteiger charge is -2.11. The molecular weight excluding hydrogens is 366 g/mol. The van der Waals surface area contributed by atoms with E-state index in [9.17, 15) is 14.7 Å². The maximum absolute atomic E-state index is 12.0. The molecule has 1 amide bonds. The second-order valence-electron chi connectivity index (χ2n) is 4.70. The first-order valence-corrected chi connectivity index (χ1v) is 7.39. The number of benzene rings is 2. The molecule has 2 aromatic rings. The molecule has 2 rings (SSSR count). The lowest BCUT2D eigenvalue weighted by molar-refractivity contribution is -0.115. The highest BCUT2D eigenvalue weighted by atomic mass is 79.9. The van der Waals surface area contributed by atoms with Crippen molar-refractivity contribution in [2.75, 3.05) is 12.4 Å². The summed E-state index contributed by atoms with van der Waals surface area (Å²) in [6.07, 6.45) is 0.0852. The van der Waals surface area contributed by atoms with Crippen LogP contribution in [0, 0.1) is 0 Å². The first kappa shape index (κ1) is 16.8. The van der Waals surface area contributed by atoms with E-state index in [0.29, 0.717) is 5.75 Å². The highest BCUT2D eigenvalue weighted by Crippen LogP contribution is 2.33. The maximum atomic E-state index is 12.0. The van der Waals surface area contributed by atoms with E-state index in [1.54, 1.807) is 31.4 Å². The minimum atomic E-state index is -1.29. The summed E-state index contributed by atoms with van der Waals surface area (Å²) >= 11 is 3.05. The summed E-state index contributed by atoms with van der Waals surface area (Å²) in [7, 11) is 1.55. The summed E-state index contributed by atoms with van der Waals surface area (Å²) in [6.45, 7) is 0. The number of nitrogens with one attached hydrogen (secondary N) is 1. The van der Waals surface area contributed by atoms with Gasteiger partial charge in [0.2, 0.25) is 5.91 Å². The van der Waals surface area contributed by atoms with E-state index in [2.05, 4.69) is 21.2 Å². The molecule has 0 saturated heterocycles. The topological polar surface area (TPSA) is 95.9 Å². The van der Waals surface area contributed by atoms with E-state index < -0.39 is 11.7 Å². The van der Waals surface area contributed by atoms with Crippen LogP contribution in [0.15, 0.2) is 40.9 Å². The minimum absolute atomic E-state index is 0.0455. The van der Waals surface area contributed by atoms with Crippen LogP contribution in [0.25, 0.3) is 0 Å². The van der Waals surface area contributed by atoms with Gasteiger partial charge in [0.05, 0.1) is 19.2 Å². The van der Waals surface area contributed by atoms with Crippen LogP contribution in [0.1, 0.15) is 15.9 Å². The molecule has 6 nitrogen and oxygen atoms in total. The average molecular weight is 380 g/mol. The zero-order valence-corrected chi connectivity index (χ0v) is 13.8. The molecule has 0 aliphatic heterocycles. The van der Waals surface area contributed by atoms with Gasteiger partial charge in [-0.2, -0.15) is 0 Å². The van der Waals surface area contributed by atoms with Gasteiger partial charge in [0.25, 0.3) is 0 Å². The Morgan fingerprint density at radius 1 is 1.17 bits per heavy atom. The molecule has 0 fully saturated rings. The highest BCUT2D eigenvalue weighted by Gasteiger charge is 2.18. The van der Waals surface area contributed by atoms with E-state index in [1.165, 1.54) is 12.1 Å². The third-order valence-corrected chi connectivity index (χ3v) is 3.80. The van der Waals surface area contributed by atoms with Gasteiger partial charge in [0, 0.05) is 4.47 Å². The fraction of sp³-hybridized carbons (Fsp3) is 0.125. The quantitative estimate of drug-likeness (QED) is 0.693. The number of ether oxygens (including phenoxy) is 1. The van der Waals surface area contributed by atoms with Crippen LogP contribution in [0.2, 0.25) is 0 Å². The predicted octanol–water partition coefficient (Wildman–Crippen LogP) is 3.04. The number of carboxylic acids is 1. The number of halogens is 1. The highest BCUT2D eigenvalue weighted by molar-refractivity contribution is 9.10. The van der Waals surface area contributed by atoms with Gasteiger partial charge in [-0.1, -0.05) is 12.1 Å². The Morgan fingerprint density at radius 3 is 2.39 bits per heavy atom. The molecule has 0 saturated carbocycles. The van der Waals surface area contributed by atoms with Crippen LogP contribution >= 0.6 is 15.9 Å². The molecule has 3 N–H and O–H groups in total. The summed E-state index contributed by atoms with van der Waals surface area (Å²) in [5.74, 6) is -1.47. The van der Waals surface area contributed by atoms with Crippen LogP contribution in [0.4, 0.5) is 5.69 Å². The predicted molar refractivity (Wildman–Crippen MR) is 88.1 cm³/mol. The number of methoxy groups -OCH3 is 1. The van der Waals surface area contributed by atoms with E-state index in [4.69, 9.17) is 9.84 Å². The zero-order chi connectivity index (χ0) is 17.0. The second-order valence-corrected chi connectivity index (χ2v) is 5.55. The molecule has 0 spiro atoms. The van der Waals surface area contributed by atoms with Crippen molar-refractivity contribution in [3.63, 3.8) is 0 Å². The summed E-state index contributed by atoms with van der Waals surface area (Å²) in [6, 6.07) is 9.86. The Balaban J connectivity index is 2.14. The number of carbonyl (C=O) groups excluding carboxylic acids is 1.